The summed E-state index contributed by atoms with van der Waals surface area (Å²) in [7, 11) is 0. The number of fused-ring (bicyclic) bond motifs is 6. The number of unbranched alkanes of at least 4 members (excludes halogenated alkanes) is 3. The Balaban J connectivity index is 0.00000451. The quantitative estimate of drug-likeness (QED) is 0.0836. The van der Waals surface area contributed by atoms with Crippen LogP contribution in [0.2, 0.25) is 0 Å². The Kier molecular flexibility index (Phi) is 11.1. The number of hydrogen-bond acceptors (Lipinski definition) is 1. The monoisotopic (exact) mass is 658 g/mol. The Bertz CT molecular complexity index is 1880. The minimum Gasteiger partial charge on any atom is -1.00 e. The standard InChI is InChI=1S/C45H55N2.ClH/c1-8-9-31-46-38-29-27-34-21-15-17-23-36(34)42(38)44(4,5)40(46)25-13-10-14-26-41-45(6,7)43-37-24-18-16-22-35(37)28-30-39(43)47(41)32-19-11-12-20-33(2)3;/h10,13-18,21-30,33H,8-9,11-12,19-20,31-32H2,1-7H3;1H/q+1;/p-1. The number of benzene rings is 4. The van der Waals surface area contributed by atoms with Crippen LogP contribution in [-0.4, -0.2) is 23.4 Å². The summed E-state index contributed by atoms with van der Waals surface area (Å²) in [6.45, 7) is 18.7. The Labute approximate surface area is 296 Å². The van der Waals surface area contributed by atoms with Gasteiger partial charge in [-0.15, -0.1) is 0 Å². The van der Waals surface area contributed by atoms with Gasteiger partial charge >= 0.3 is 0 Å². The van der Waals surface area contributed by atoms with Crippen molar-refractivity contribution in [1.82, 2.24) is 0 Å². The number of allylic oxidation sites excluding steroid dienone is 6. The van der Waals surface area contributed by atoms with Crippen LogP contribution in [0.15, 0.2) is 109 Å². The van der Waals surface area contributed by atoms with Gasteiger partial charge in [-0.05, 0) is 77.9 Å². The summed E-state index contributed by atoms with van der Waals surface area (Å²) in [6.07, 6.45) is 19.0. The number of rotatable bonds is 12. The van der Waals surface area contributed by atoms with Crippen molar-refractivity contribution in [1.29, 1.82) is 0 Å². The zero-order chi connectivity index (χ0) is 33.2. The first-order chi connectivity index (χ1) is 22.7. The first-order valence-electron chi connectivity index (χ1n) is 18.2. The Morgan fingerprint density at radius 3 is 2.06 bits per heavy atom. The average molecular weight is 659 g/mol. The van der Waals surface area contributed by atoms with Crippen LogP contribution in [0.3, 0.4) is 0 Å². The molecule has 0 aliphatic carbocycles. The van der Waals surface area contributed by atoms with Gasteiger partial charge < -0.3 is 17.3 Å². The third-order valence-electron chi connectivity index (χ3n) is 10.6. The van der Waals surface area contributed by atoms with Crippen molar-refractivity contribution >= 4 is 38.6 Å². The predicted octanol–water partition coefficient (Wildman–Crippen LogP) is 9.18. The molecule has 48 heavy (non-hydrogen) atoms. The van der Waals surface area contributed by atoms with E-state index in [2.05, 4.69) is 161 Å². The highest BCUT2D eigenvalue weighted by Crippen LogP contribution is 2.51. The third-order valence-corrected chi connectivity index (χ3v) is 10.6. The van der Waals surface area contributed by atoms with Gasteiger partial charge in [0.2, 0.25) is 5.69 Å². The van der Waals surface area contributed by atoms with E-state index in [1.807, 2.05) is 0 Å². The van der Waals surface area contributed by atoms with Gasteiger partial charge in [0.25, 0.3) is 0 Å². The van der Waals surface area contributed by atoms with Crippen LogP contribution in [0.1, 0.15) is 98.1 Å². The molecule has 0 N–H and O–H groups in total. The van der Waals surface area contributed by atoms with E-state index in [1.54, 1.807) is 0 Å². The van der Waals surface area contributed by atoms with Crippen molar-refractivity contribution in [2.45, 2.75) is 97.8 Å². The maximum absolute atomic E-state index is 2.62. The molecule has 252 valence electrons. The van der Waals surface area contributed by atoms with Crippen molar-refractivity contribution < 1.29 is 17.0 Å². The predicted molar refractivity (Wildman–Crippen MR) is 206 cm³/mol. The molecule has 4 aromatic carbocycles. The molecule has 0 bridgehead atoms. The van der Waals surface area contributed by atoms with E-state index in [-0.39, 0.29) is 23.2 Å². The van der Waals surface area contributed by atoms with Crippen LogP contribution in [0, 0.1) is 5.92 Å². The molecule has 2 aliphatic rings. The largest absolute Gasteiger partial charge is 1.00 e. The van der Waals surface area contributed by atoms with E-state index in [4.69, 9.17) is 0 Å². The zero-order valence-corrected chi connectivity index (χ0v) is 31.1. The van der Waals surface area contributed by atoms with Crippen molar-refractivity contribution in [3.8, 4) is 0 Å². The lowest BCUT2D eigenvalue weighted by atomic mass is 9.79. The van der Waals surface area contributed by atoms with Gasteiger partial charge in [0.15, 0.2) is 5.71 Å². The molecule has 0 saturated carbocycles. The van der Waals surface area contributed by atoms with Crippen LogP contribution >= 0.6 is 0 Å². The number of anilines is 1. The molecule has 0 atom stereocenters. The first-order valence-corrected chi connectivity index (χ1v) is 18.2. The second-order valence-electron chi connectivity index (χ2n) is 15.2. The van der Waals surface area contributed by atoms with Crippen molar-refractivity contribution in [2.75, 3.05) is 18.0 Å². The lowest BCUT2D eigenvalue weighted by molar-refractivity contribution is -0.438. The van der Waals surface area contributed by atoms with Gasteiger partial charge in [-0.1, -0.05) is 127 Å². The second-order valence-corrected chi connectivity index (χ2v) is 15.2. The molecule has 4 aromatic rings. The van der Waals surface area contributed by atoms with Gasteiger partial charge in [0, 0.05) is 47.5 Å². The Hall–Kier alpha value is -3.62. The molecule has 0 amide bonds. The van der Waals surface area contributed by atoms with E-state index in [0.717, 1.165) is 19.0 Å². The SMILES string of the molecule is CCCCN1\C(=C/C=C/C=C/C2=[N+](CCCCCC(C)C)c3ccc4ccccc4c3C2(C)C)C(C)(C)c2c1ccc1ccccc21.[Cl-]. The fourth-order valence-electron chi connectivity index (χ4n) is 8.23. The Morgan fingerprint density at radius 2 is 1.38 bits per heavy atom. The van der Waals surface area contributed by atoms with Crippen molar-refractivity contribution in [2.24, 2.45) is 5.92 Å². The van der Waals surface area contributed by atoms with Gasteiger partial charge in [-0.2, -0.15) is 4.58 Å². The number of halogens is 1. The molecule has 3 heteroatoms. The van der Waals surface area contributed by atoms with Crippen LogP contribution in [0.4, 0.5) is 11.4 Å². The highest BCUT2D eigenvalue weighted by atomic mass is 35.5. The minimum atomic E-state index is -0.0793. The van der Waals surface area contributed by atoms with Crippen LogP contribution in [0.25, 0.3) is 21.5 Å². The molecule has 0 radical (unpaired) electrons. The molecule has 0 saturated heterocycles. The molecule has 2 heterocycles. The summed E-state index contributed by atoms with van der Waals surface area (Å²) in [5.41, 5.74) is 8.31. The first kappa shape index (κ1) is 35.7. The van der Waals surface area contributed by atoms with Gasteiger partial charge in [-0.3, -0.25) is 0 Å². The second kappa shape index (κ2) is 14.9. The fourth-order valence-corrected chi connectivity index (χ4v) is 8.23. The van der Waals surface area contributed by atoms with E-state index in [1.165, 1.54) is 94.0 Å². The highest BCUT2D eigenvalue weighted by molar-refractivity contribution is 6.07. The van der Waals surface area contributed by atoms with Crippen LogP contribution in [-0.2, 0) is 10.8 Å². The van der Waals surface area contributed by atoms with Crippen molar-refractivity contribution in [3.63, 3.8) is 0 Å². The maximum atomic E-state index is 2.62. The summed E-state index contributed by atoms with van der Waals surface area (Å²) >= 11 is 0. The van der Waals surface area contributed by atoms with Crippen LogP contribution in [0.5, 0.6) is 0 Å². The van der Waals surface area contributed by atoms with Gasteiger partial charge in [-0.25, -0.2) is 0 Å². The van der Waals surface area contributed by atoms with E-state index < -0.39 is 0 Å². The lowest BCUT2D eigenvalue weighted by Crippen LogP contribution is -3.00. The molecule has 0 fully saturated rings. The minimum absolute atomic E-state index is 0. The molecule has 0 spiro atoms. The zero-order valence-electron chi connectivity index (χ0n) is 30.3. The lowest BCUT2D eigenvalue weighted by Gasteiger charge is -2.27. The normalized spacial score (nSPS) is 17.4. The summed E-state index contributed by atoms with van der Waals surface area (Å²) in [4.78, 5) is 2.58. The molecule has 0 aromatic heterocycles. The Morgan fingerprint density at radius 1 is 0.708 bits per heavy atom. The summed E-state index contributed by atoms with van der Waals surface area (Å²) in [6, 6.07) is 27.1. The summed E-state index contributed by atoms with van der Waals surface area (Å²) in [5, 5.41) is 5.41. The number of nitrogens with zero attached hydrogens (tertiary/aromatic N) is 2. The average Bonchev–Trinajstić information content (AvgIpc) is 3.41. The molecular formula is C45H55ClN2. The molecular weight excluding hydrogens is 604 g/mol. The van der Waals surface area contributed by atoms with Gasteiger partial charge in [0.05, 0.1) is 5.41 Å². The summed E-state index contributed by atoms with van der Waals surface area (Å²) < 4.78 is 2.62. The molecule has 2 aliphatic heterocycles. The summed E-state index contributed by atoms with van der Waals surface area (Å²) in [5.74, 6) is 0.779. The molecule has 2 nitrogen and oxygen atoms in total. The molecule has 6 rings (SSSR count). The highest BCUT2D eigenvalue weighted by Gasteiger charge is 2.45. The smallest absolute Gasteiger partial charge is 0.210 e. The van der Waals surface area contributed by atoms with Crippen LogP contribution < -0.4 is 17.3 Å². The van der Waals surface area contributed by atoms with E-state index >= 15 is 0 Å². The third kappa shape index (κ3) is 6.66. The fraction of sp³-hybridized carbons (Fsp3) is 0.400. The van der Waals surface area contributed by atoms with E-state index in [0.29, 0.717) is 0 Å². The molecule has 0 unspecified atom stereocenters. The topological polar surface area (TPSA) is 6.25 Å². The van der Waals surface area contributed by atoms with Gasteiger partial charge in [0.1, 0.15) is 6.54 Å². The maximum Gasteiger partial charge on any atom is 0.210 e. The van der Waals surface area contributed by atoms with E-state index in [9.17, 15) is 0 Å². The number of hydrogen-bond donors (Lipinski definition) is 0. The van der Waals surface area contributed by atoms with Crippen molar-refractivity contribution in [3.05, 3.63) is 120 Å².